The largest absolute Gasteiger partial charge is 0.508 e. The summed E-state index contributed by atoms with van der Waals surface area (Å²) in [5.41, 5.74) is 0.334. The van der Waals surface area contributed by atoms with Crippen molar-refractivity contribution in [1.29, 1.82) is 0 Å². The van der Waals surface area contributed by atoms with Crippen LogP contribution in [0.5, 0.6) is 5.75 Å². The minimum Gasteiger partial charge on any atom is -0.508 e. The van der Waals surface area contributed by atoms with E-state index in [4.69, 9.17) is 14.6 Å². The van der Waals surface area contributed by atoms with Crippen LogP contribution in [-0.4, -0.2) is 31.4 Å². The van der Waals surface area contributed by atoms with E-state index in [1.807, 2.05) is 0 Å². The first-order valence-corrected chi connectivity index (χ1v) is 4.19. The molecule has 0 fully saturated rings. The predicted molar refractivity (Wildman–Crippen MR) is 50.3 cm³/mol. The molecule has 1 N–H and O–H groups in total. The first-order chi connectivity index (χ1) is 6.74. The van der Waals surface area contributed by atoms with Gasteiger partial charge in [0, 0.05) is 7.11 Å². The fraction of sp³-hybridized carbons (Fsp3) is 0.300. The maximum absolute atomic E-state index is 11.3. The van der Waals surface area contributed by atoms with Crippen LogP contribution in [0.25, 0.3) is 0 Å². The normalized spacial score (nSPS) is 9.79. The molecule has 1 rings (SSSR count). The number of phenols is 1. The number of methoxy groups -OCH3 is 1. The number of rotatable bonds is 4. The van der Waals surface area contributed by atoms with Crippen LogP contribution in [0.1, 0.15) is 10.4 Å². The van der Waals surface area contributed by atoms with E-state index in [9.17, 15) is 4.79 Å². The molecular formula is C10H12O4. The fourth-order valence-electron chi connectivity index (χ4n) is 0.934. The zero-order valence-corrected chi connectivity index (χ0v) is 7.90. The van der Waals surface area contributed by atoms with E-state index >= 15 is 0 Å². The average molecular weight is 196 g/mol. The van der Waals surface area contributed by atoms with Crippen LogP contribution in [-0.2, 0) is 9.47 Å². The van der Waals surface area contributed by atoms with Crippen molar-refractivity contribution < 1.29 is 19.4 Å². The molecule has 0 aliphatic heterocycles. The summed E-state index contributed by atoms with van der Waals surface area (Å²) in [6.07, 6.45) is 0. The van der Waals surface area contributed by atoms with E-state index in [0.717, 1.165) is 0 Å². The number of benzene rings is 1. The fourth-order valence-corrected chi connectivity index (χ4v) is 0.934. The molecule has 0 saturated heterocycles. The highest BCUT2D eigenvalue weighted by molar-refractivity contribution is 5.89. The predicted octanol–water partition coefficient (Wildman–Crippen LogP) is 1.20. The summed E-state index contributed by atoms with van der Waals surface area (Å²) in [5, 5.41) is 9.10. The molecular weight excluding hydrogens is 184 g/mol. The minimum absolute atomic E-state index is 0.0474. The van der Waals surface area contributed by atoms with E-state index in [0.29, 0.717) is 12.2 Å². The molecule has 0 radical (unpaired) electrons. The molecule has 4 nitrogen and oxygen atoms in total. The third-order valence-corrected chi connectivity index (χ3v) is 1.60. The lowest BCUT2D eigenvalue weighted by Crippen LogP contribution is -2.09. The Balaban J connectivity index is 2.52. The van der Waals surface area contributed by atoms with Crippen molar-refractivity contribution in [3.05, 3.63) is 29.8 Å². The lowest BCUT2D eigenvalue weighted by molar-refractivity contribution is 0.0387. The summed E-state index contributed by atoms with van der Waals surface area (Å²) in [7, 11) is 1.53. The molecule has 4 heteroatoms. The van der Waals surface area contributed by atoms with Crippen LogP contribution in [0.2, 0.25) is 0 Å². The van der Waals surface area contributed by atoms with Crippen LogP contribution in [0, 0.1) is 0 Å². The van der Waals surface area contributed by atoms with E-state index in [2.05, 4.69) is 0 Å². The van der Waals surface area contributed by atoms with Crippen molar-refractivity contribution in [3.8, 4) is 5.75 Å². The second-order valence-corrected chi connectivity index (χ2v) is 2.68. The Kier molecular flexibility index (Phi) is 3.94. The zero-order valence-electron chi connectivity index (χ0n) is 7.90. The van der Waals surface area contributed by atoms with E-state index < -0.39 is 5.97 Å². The van der Waals surface area contributed by atoms with Crippen LogP contribution in [0.15, 0.2) is 24.3 Å². The number of ether oxygens (including phenoxy) is 2. The van der Waals surface area contributed by atoms with Gasteiger partial charge in [-0.3, -0.25) is 0 Å². The number of phenolic OH excluding ortho intramolecular Hbond substituents is 1. The Labute approximate surface area is 82.1 Å². The number of carbonyl (C=O) groups is 1. The first kappa shape index (κ1) is 10.5. The standard InChI is InChI=1S/C10H12O4/c1-13-5-6-14-10(12)8-3-2-4-9(11)7-8/h2-4,7,11H,5-6H2,1H3. The van der Waals surface area contributed by atoms with Crippen molar-refractivity contribution in [3.63, 3.8) is 0 Å². The quantitative estimate of drug-likeness (QED) is 0.580. The molecule has 0 amide bonds. The molecule has 1 aromatic carbocycles. The van der Waals surface area contributed by atoms with Crippen molar-refractivity contribution in [2.75, 3.05) is 20.3 Å². The Hall–Kier alpha value is -1.55. The minimum atomic E-state index is -0.460. The van der Waals surface area contributed by atoms with Gasteiger partial charge in [-0.25, -0.2) is 4.79 Å². The van der Waals surface area contributed by atoms with Crippen molar-refractivity contribution in [2.45, 2.75) is 0 Å². The Morgan fingerprint density at radius 3 is 2.86 bits per heavy atom. The number of carbonyl (C=O) groups excluding carboxylic acids is 1. The molecule has 14 heavy (non-hydrogen) atoms. The van der Waals surface area contributed by atoms with Gasteiger partial charge in [0.2, 0.25) is 0 Å². The van der Waals surface area contributed by atoms with Gasteiger partial charge in [0.05, 0.1) is 12.2 Å². The van der Waals surface area contributed by atoms with Crippen molar-refractivity contribution >= 4 is 5.97 Å². The van der Waals surface area contributed by atoms with Gasteiger partial charge < -0.3 is 14.6 Å². The molecule has 0 spiro atoms. The second-order valence-electron chi connectivity index (χ2n) is 2.68. The van der Waals surface area contributed by atoms with E-state index in [1.54, 1.807) is 12.1 Å². The van der Waals surface area contributed by atoms with Gasteiger partial charge >= 0.3 is 5.97 Å². The molecule has 0 aliphatic carbocycles. The van der Waals surface area contributed by atoms with Gasteiger partial charge in [0.1, 0.15) is 12.4 Å². The highest BCUT2D eigenvalue weighted by Gasteiger charge is 2.06. The lowest BCUT2D eigenvalue weighted by atomic mass is 10.2. The molecule has 0 aliphatic rings. The average Bonchev–Trinajstić information content (AvgIpc) is 2.18. The molecule has 0 aromatic heterocycles. The SMILES string of the molecule is COCCOC(=O)c1cccc(O)c1. The molecule has 0 bridgehead atoms. The topological polar surface area (TPSA) is 55.8 Å². The maximum Gasteiger partial charge on any atom is 0.338 e. The lowest BCUT2D eigenvalue weighted by Gasteiger charge is -2.03. The summed E-state index contributed by atoms with van der Waals surface area (Å²) < 4.78 is 9.57. The molecule has 0 heterocycles. The maximum atomic E-state index is 11.3. The van der Waals surface area contributed by atoms with Gasteiger partial charge in [-0.1, -0.05) is 6.07 Å². The second kappa shape index (κ2) is 5.24. The molecule has 0 atom stereocenters. The molecule has 76 valence electrons. The van der Waals surface area contributed by atoms with Gasteiger partial charge in [-0.15, -0.1) is 0 Å². The van der Waals surface area contributed by atoms with Gasteiger partial charge in [-0.2, -0.15) is 0 Å². The summed E-state index contributed by atoms with van der Waals surface area (Å²) >= 11 is 0. The summed E-state index contributed by atoms with van der Waals surface area (Å²) in [6, 6.07) is 6.01. The van der Waals surface area contributed by atoms with E-state index in [1.165, 1.54) is 19.2 Å². The van der Waals surface area contributed by atoms with Crippen LogP contribution >= 0.6 is 0 Å². The summed E-state index contributed by atoms with van der Waals surface area (Å²) in [5.74, 6) is -0.413. The first-order valence-electron chi connectivity index (χ1n) is 4.19. The number of aromatic hydroxyl groups is 1. The molecule has 1 aromatic rings. The number of hydrogen-bond acceptors (Lipinski definition) is 4. The Bertz CT molecular complexity index is 309. The molecule has 0 unspecified atom stereocenters. The Morgan fingerprint density at radius 1 is 1.43 bits per heavy atom. The smallest absolute Gasteiger partial charge is 0.338 e. The Morgan fingerprint density at radius 2 is 2.21 bits per heavy atom. The van der Waals surface area contributed by atoms with Crippen molar-refractivity contribution in [2.24, 2.45) is 0 Å². The van der Waals surface area contributed by atoms with Gasteiger partial charge in [0.25, 0.3) is 0 Å². The molecule has 0 saturated carbocycles. The highest BCUT2D eigenvalue weighted by Crippen LogP contribution is 2.11. The van der Waals surface area contributed by atoms with Crippen LogP contribution in [0.4, 0.5) is 0 Å². The third-order valence-electron chi connectivity index (χ3n) is 1.60. The number of esters is 1. The highest BCUT2D eigenvalue weighted by atomic mass is 16.6. The van der Waals surface area contributed by atoms with Gasteiger partial charge in [-0.05, 0) is 18.2 Å². The monoisotopic (exact) mass is 196 g/mol. The van der Waals surface area contributed by atoms with Gasteiger partial charge in [0.15, 0.2) is 0 Å². The summed E-state index contributed by atoms with van der Waals surface area (Å²) in [4.78, 5) is 11.3. The van der Waals surface area contributed by atoms with Crippen LogP contribution in [0.3, 0.4) is 0 Å². The zero-order chi connectivity index (χ0) is 10.4. The van der Waals surface area contributed by atoms with Crippen molar-refractivity contribution in [1.82, 2.24) is 0 Å². The summed E-state index contributed by atoms with van der Waals surface area (Å²) in [6.45, 7) is 0.579. The third kappa shape index (κ3) is 3.06. The van der Waals surface area contributed by atoms with E-state index in [-0.39, 0.29) is 12.4 Å². The van der Waals surface area contributed by atoms with Crippen LogP contribution < -0.4 is 0 Å². The number of hydrogen-bond donors (Lipinski definition) is 1.